The summed E-state index contributed by atoms with van der Waals surface area (Å²) in [5.41, 5.74) is 1.03. The van der Waals surface area contributed by atoms with Gasteiger partial charge in [0.2, 0.25) is 5.91 Å². The summed E-state index contributed by atoms with van der Waals surface area (Å²) >= 11 is 0. The maximum absolute atomic E-state index is 12.4. The molecule has 7 nitrogen and oxygen atoms in total. The second-order valence-corrected chi connectivity index (χ2v) is 6.04. The standard InChI is InChI=1S/C15H23N5O2/c1-18(2)13-9-14(17-16-10-13)19-4-6-20(7-5-19)15(21)12-3-8-22-11-12/h9-10,12H,3-8,11H2,1-2H3. The average molecular weight is 305 g/mol. The Bertz CT molecular complexity index is 522. The van der Waals surface area contributed by atoms with E-state index in [1.165, 1.54) is 0 Å². The third-order valence-corrected chi connectivity index (χ3v) is 4.34. The van der Waals surface area contributed by atoms with Crippen molar-refractivity contribution in [1.82, 2.24) is 15.1 Å². The predicted molar refractivity (Wildman–Crippen MR) is 84.1 cm³/mol. The third kappa shape index (κ3) is 3.14. The van der Waals surface area contributed by atoms with Crippen molar-refractivity contribution in [2.45, 2.75) is 6.42 Å². The minimum Gasteiger partial charge on any atom is -0.381 e. The number of piperazine rings is 1. The summed E-state index contributed by atoms with van der Waals surface area (Å²) in [6, 6.07) is 2.04. The highest BCUT2D eigenvalue weighted by Gasteiger charge is 2.30. The molecule has 0 aliphatic carbocycles. The van der Waals surface area contributed by atoms with Crippen molar-refractivity contribution in [3.8, 4) is 0 Å². The Labute approximate surface area is 130 Å². The monoisotopic (exact) mass is 305 g/mol. The van der Waals surface area contributed by atoms with E-state index >= 15 is 0 Å². The van der Waals surface area contributed by atoms with Gasteiger partial charge in [-0.15, -0.1) is 5.10 Å². The van der Waals surface area contributed by atoms with Crippen LogP contribution in [0.1, 0.15) is 6.42 Å². The molecule has 120 valence electrons. The number of rotatable bonds is 3. The molecule has 2 aliphatic heterocycles. The van der Waals surface area contributed by atoms with Gasteiger partial charge in [-0.2, -0.15) is 5.10 Å². The molecule has 0 bridgehead atoms. The number of nitrogens with zero attached hydrogens (tertiary/aromatic N) is 5. The van der Waals surface area contributed by atoms with Crippen LogP contribution in [0.15, 0.2) is 12.3 Å². The number of amides is 1. The fourth-order valence-corrected chi connectivity index (χ4v) is 2.89. The number of hydrogen-bond acceptors (Lipinski definition) is 6. The largest absolute Gasteiger partial charge is 0.381 e. The maximum atomic E-state index is 12.4. The molecule has 2 aliphatic rings. The van der Waals surface area contributed by atoms with Gasteiger partial charge in [0, 0.05) is 52.9 Å². The molecular weight excluding hydrogens is 282 g/mol. The Morgan fingerprint density at radius 3 is 2.73 bits per heavy atom. The van der Waals surface area contributed by atoms with Gasteiger partial charge < -0.3 is 19.4 Å². The highest BCUT2D eigenvalue weighted by Crippen LogP contribution is 2.20. The van der Waals surface area contributed by atoms with Gasteiger partial charge in [-0.3, -0.25) is 4.79 Å². The van der Waals surface area contributed by atoms with Crippen LogP contribution in [0.4, 0.5) is 11.5 Å². The van der Waals surface area contributed by atoms with E-state index in [0.29, 0.717) is 13.2 Å². The summed E-state index contributed by atoms with van der Waals surface area (Å²) in [5.74, 6) is 1.18. The lowest BCUT2D eigenvalue weighted by Crippen LogP contribution is -2.50. The summed E-state index contributed by atoms with van der Waals surface area (Å²) < 4.78 is 5.31. The Hall–Kier alpha value is -1.89. The molecule has 0 N–H and O–H groups in total. The molecule has 1 atom stereocenters. The van der Waals surface area contributed by atoms with Crippen molar-refractivity contribution >= 4 is 17.4 Å². The molecule has 0 saturated carbocycles. The van der Waals surface area contributed by atoms with E-state index in [1.54, 1.807) is 6.20 Å². The Morgan fingerprint density at radius 2 is 2.09 bits per heavy atom. The molecule has 0 spiro atoms. The normalized spacial score (nSPS) is 22.0. The molecule has 1 aromatic rings. The molecule has 3 rings (SSSR count). The molecule has 1 amide bonds. The lowest BCUT2D eigenvalue weighted by molar-refractivity contribution is -0.135. The Morgan fingerprint density at radius 1 is 1.32 bits per heavy atom. The molecule has 2 saturated heterocycles. The van der Waals surface area contributed by atoms with Gasteiger partial charge in [0.1, 0.15) is 0 Å². The molecular formula is C15H23N5O2. The van der Waals surface area contributed by atoms with E-state index in [4.69, 9.17) is 4.74 Å². The molecule has 22 heavy (non-hydrogen) atoms. The van der Waals surface area contributed by atoms with Crippen molar-refractivity contribution < 1.29 is 9.53 Å². The van der Waals surface area contributed by atoms with Crippen LogP contribution in [0.2, 0.25) is 0 Å². The summed E-state index contributed by atoms with van der Waals surface area (Å²) in [6.45, 7) is 4.36. The third-order valence-electron chi connectivity index (χ3n) is 4.34. The first-order valence-corrected chi connectivity index (χ1v) is 7.76. The molecule has 1 unspecified atom stereocenters. The van der Waals surface area contributed by atoms with Crippen molar-refractivity contribution in [2.75, 3.05) is 63.3 Å². The van der Waals surface area contributed by atoms with Gasteiger partial charge in [-0.05, 0) is 6.42 Å². The van der Waals surface area contributed by atoms with Gasteiger partial charge in [-0.1, -0.05) is 0 Å². The number of carbonyl (C=O) groups is 1. The summed E-state index contributed by atoms with van der Waals surface area (Å²) in [7, 11) is 3.97. The van der Waals surface area contributed by atoms with E-state index in [0.717, 1.165) is 44.1 Å². The van der Waals surface area contributed by atoms with Crippen LogP contribution in [0.5, 0.6) is 0 Å². The lowest BCUT2D eigenvalue weighted by Gasteiger charge is -2.36. The average Bonchev–Trinajstić information content (AvgIpc) is 3.09. The molecule has 3 heterocycles. The van der Waals surface area contributed by atoms with E-state index in [1.807, 2.05) is 30.0 Å². The maximum Gasteiger partial charge on any atom is 0.228 e. The van der Waals surface area contributed by atoms with E-state index in [9.17, 15) is 4.79 Å². The van der Waals surface area contributed by atoms with E-state index < -0.39 is 0 Å². The fraction of sp³-hybridized carbons (Fsp3) is 0.667. The fourth-order valence-electron chi connectivity index (χ4n) is 2.89. The van der Waals surface area contributed by atoms with Crippen LogP contribution >= 0.6 is 0 Å². The number of carbonyl (C=O) groups excluding carboxylic acids is 1. The quantitative estimate of drug-likeness (QED) is 0.796. The Kier molecular flexibility index (Phi) is 4.42. The topological polar surface area (TPSA) is 61.8 Å². The Balaban J connectivity index is 1.59. The van der Waals surface area contributed by atoms with Crippen molar-refractivity contribution in [3.05, 3.63) is 12.3 Å². The number of anilines is 2. The predicted octanol–water partition coefficient (Wildman–Crippen LogP) is 0.228. The smallest absolute Gasteiger partial charge is 0.228 e. The molecule has 7 heteroatoms. The number of hydrogen-bond donors (Lipinski definition) is 0. The summed E-state index contributed by atoms with van der Waals surface area (Å²) in [5, 5.41) is 8.29. The highest BCUT2D eigenvalue weighted by molar-refractivity contribution is 5.79. The van der Waals surface area contributed by atoms with Gasteiger partial charge in [0.25, 0.3) is 0 Å². The molecule has 1 aromatic heterocycles. The number of ether oxygens (including phenoxy) is 1. The minimum absolute atomic E-state index is 0.0587. The van der Waals surface area contributed by atoms with E-state index in [-0.39, 0.29) is 11.8 Å². The van der Waals surface area contributed by atoms with Crippen LogP contribution in [0.25, 0.3) is 0 Å². The first-order chi connectivity index (χ1) is 10.6. The van der Waals surface area contributed by atoms with Gasteiger partial charge in [-0.25, -0.2) is 0 Å². The van der Waals surface area contributed by atoms with Crippen LogP contribution in [-0.2, 0) is 9.53 Å². The van der Waals surface area contributed by atoms with E-state index in [2.05, 4.69) is 15.1 Å². The van der Waals surface area contributed by atoms with Crippen molar-refractivity contribution in [2.24, 2.45) is 5.92 Å². The zero-order valence-electron chi connectivity index (χ0n) is 13.2. The summed E-state index contributed by atoms with van der Waals surface area (Å²) in [6.07, 6.45) is 2.61. The first kappa shape index (κ1) is 15.0. The second-order valence-electron chi connectivity index (χ2n) is 6.04. The van der Waals surface area contributed by atoms with Gasteiger partial charge in [0.05, 0.1) is 24.4 Å². The van der Waals surface area contributed by atoms with Crippen LogP contribution in [0.3, 0.4) is 0 Å². The summed E-state index contributed by atoms with van der Waals surface area (Å²) in [4.78, 5) is 18.5. The molecule has 0 radical (unpaired) electrons. The minimum atomic E-state index is 0.0587. The number of aromatic nitrogens is 2. The lowest BCUT2D eigenvalue weighted by atomic mass is 10.1. The van der Waals surface area contributed by atoms with Crippen LogP contribution in [-0.4, -0.2) is 74.5 Å². The van der Waals surface area contributed by atoms with Crippen molar-refractivity contribution in [1.29, 1.82) is 0 Å². The van der Waals surface area contributed by atoms with Gasteiger partial charge >= 0.3 is 0 Å². The van der Waals surface area contributed by atoms with Crippen molar-refractivity contribution in [3.63, 3.8) is 0 Å². The molecule has 2 fully saturated rings. The zero-order valence-corrected chi connectivity index (χ0v) is 13.2. The highest BCUT2D eigenvalue weighted by atomic mass is 16.5. The SMILES string of the molecule is CN(C)c1cnnc(N2CCN(C(=O)C3CCOC3)CC2)c1. The van der Waals surface area contributed by atoms with Gasteiger partial charge in [0.15, 0.2) is 5.82 Å². The molecule has 0 aromatic carbocycles. The zero-order chi connectivity index (χ0) is 15.5. The van der Waals surface area contributed by atoms with Crippen LogP contribution in [0, 0.1) is 5.92 Å². The second kappa shape index (κ2) is 6.48. The van der Waals surface area contributed by atoms with Crippen LogP contribution < -0.4 is 9.80 Å². The first-order valence-electron chi connectivity index (χ1n) is 7.76.